The van der Waals surface area contributed by atoms with E-state index in [-0.39, 0.29) is 16.8 Å². The van der Waals surface area contributed by atoms with E-state index in [0.717, 1.165) is 35.2 Å². The van der Waals surface area contributed by atoms with E-state index in [1.165, 1.54) is 0 Å². The summed E-state index contributed by atoms with van der Waals surface area (Å²) in [4.78, 5) is 16.3. The molecule has 1 aromatic carbocycles. The van der Waals surface area contributed by atoms with Gasteiger partial charge in [-0.05, 0) is 42.7 Å². The van der Waals surface area contributed by atoms with Crippen molar-refractivity contribution in [2.24, 2.45) is 0 Å². The van der Waals surface area contributed by atoms with Gasteiger partial charge in [0.05, 0.1) is 10.9 Å². The molecule has 4 heteroatoms. The molecular formula is C16H15NO2S. The molecule has 0 radical (unpaired) electrons. The van der Waals surface area contributed by atoms with Crippen LogP contribution in [-0.2, 0) is 6.42 Å². The number of hydrogen-bond donors (Lipinski definition) is 2. The van der Waals surface area contributed by atoms with Crippen LogP contribution < -0.4 is 0 Å². The van der Waals surface area contributed by atoms with Crippen molar-refractivity contribution in [3.05, 3.63) is 58.9 Å². The third-order valence-corrected chi connectivity index (χ3v) is 4.23. The van der Waals surface area contributed by atoms with Crippen LogP contribution in [0.4, 0.5) is 0 Å². The van der Waals surface area contributed by atoms with Gasteiger partial charge in [0.15, 0.2) is 5.78 Å². The maximum Gasteiger partial charge on any atom is 0.163 e. The van der Waals surface area contributed by atoms with E-state index in [1.54, 1.807) is 18.3 Å². The highest BCUT2D eigenvalue weighted by molar-refractivity contribution is 7.80. The third-order valence-electron chi connectivity index (χ3n) is 3.71. The summed E-state index contributed by atoms with van der Waals surface area (Å²) in [6.45, 7) is 0. The summed E-state index contributed by atoms with van der Waals surface area (Å²) in [5.41, 5.74) is 3.14. The maximum absolute atomic E-state index is 12.0. The number of pyridine rings is 1. The Kier molecular flexibility index (Phi) is 3.49. The number of aromatic nitrogens is 1. The molecule has 0 aliphatic heterocycles. The zero-order chi connectivity index (χ0) is 14.1. The number of ketones is 1. The van der Waals surface area contributed by atoms with Crippen molar-refractivity contribution in [3.8, 4) is 5.75 Å². The minimum atomic E-state index is -0.322. The lowest BCUT2D eigenvalue weighted by molar-refractivity contribution is 0.0972. The zero-order valence-electron chi connectivity index (χ0n) is 10.9. The van der Waals surface area contributed by atoms with Crippen molar-refractivity contribution < 1.29 is 9.90 Å². The molecule has 0 spiro atoms. The number of nitrogens with zero attached hydrogens (tertiary/aromatic N) is 1. The van der Waals surface area contributed by atoms with E-state index in [0.29, 0.717) is 6.42 Å². The fourth-order valence-electron chi connectivity index (χ4n) is 2.73. The molecule has 1 N–H and O–H groups in total. The normalized spacial score (nSPS) is 15.8. The van der Waals surface area contributed by atoms with E-state index in [9.17, 15) is 9.90 Å². The van der Waals surface area contributed by atoms with Crippen molar-refractivity contribution in [3.63, 3.8) is 0 Å². The molecule has 20 heavy (non-hydrogen) atoms. The van der Waals surface area contributed by atoms with E-state index in [4.69, 9.17) is 0 Å². The van der Waals surface area contributed by atoms with Gasteiger partial charge in [-0.15, -0.1) is 0 Å². The van der Waals surface area contributed by atoms with Crippen LogP contribution in [0.5, 0.6) is 5.75 Å². The summed E-state index contributed by atoms with van der Waals surface area (Å²) in [5, 5.41) is 9.87. The average Bonchev–Trinajstić information content (AvgIpc) is 2.48. The van der Waals surface area contributed by atoms with Gasteiger partial charge in [-0.2, -0.15) is 12.6 Å². The second-order valence-electron chi connectivity index (χ2n) is 4.96. The van der Waals surface area contributed by atoms with Crippen LogP contribution in [0.1, 0.15) is 45.3 Å². The Morgan fingerprint density at radius 3 is 2.80 bits per heavy atom. The molecule has 3 nitrogen and oxygen atoms in total. The fourth-order valence-corrected chi connectivity index (χ4v) is 3.17. The van der Waals surface area contributed by atoms with Crippen LogP contribution in [0.15, 0.2) is 36.5 Å². The number of benzene rings is 1. The first-order chi connectivity index (χ1) is 9.68. The molecule has 0 fully saturated rings. The van der Waals surface area contributed by atoms with Crippen LogP contribution in [-0.4, -0.2) is 15.9 Å². The van der Waals surface area contributed by atoms with Crippen LogP contribution in [0.25, 0.3) is 0 Å². The quantitative estimate of drug-likeness (QED) is 0.832. The van der Waals surface area contributed by atoms with Crippen LogP contribution in [0.2, 0.25) is 0 Å². The predicted octanol–water partition coefficient (Wildman–Crippen LogP) is 3.33. The van der Waals surface area contributed by atoms with Gasteiger partial charge in [0.25, 0.3) is 0 Å². The van der Waals surface area contributed by atoms with Crippen LogP contribution in [0, 0.1) is 0 Å². The second kappa shape index (κ2) is 5.29. The van der Waals surface area contributed by atoms with E-state index in [2.05, 4.69) is 17.6 Å². The lowest BCUT2D eigenvalue weighted by atomic mass is 9.85. The lowest BCUT2D eigenvalue weighted by Crippen LogP contribution is -2.14. The minimum absolute atomic E-state index is 0.147. The SMILES string of the molecule is O=C1CCCc2c1ccc(O)c2C(S)c1ccccn1. The Balaban J connectivity index is 2.14. The first-order valence-corrected chi connectivity index (χ1v) is 7.17. The summed E-state index contributed by atoms with van der Waals surface area (Å²) in [7, 11) is 0. The molecule has 1 unspecified atom stereocenters. The summed E-state index contributed by atoms with van der Waals surface area (Å²) < 4.78 is 0. The molecule has 0 amide bonds. The molecule has 1 aliphatic rings. The molecule has 3 rings (SSSR count). The number of thiol groups is 1. The topological polar surface area (TPSA) is 50.2 Å². The molecule has 0 saturated heterocycles. The van der Waals surface area contributed by atoms with Crippen LogP contribution >= 0.6 is 12.6 Å². The van der Waals surface area contributed by atoms with E-state index < -0.39 is 0 Å². The van der Waals surface area contributed by atoms with Crippen molar-refractivity contribution in [1.29, 1.82) is 0 Å². The summed E-state index contributed by atoms with van der Waals surface area (Å²) in [6.07, 6.45) is 3.91. The molecule has 102 valence electrons. The molecule has 0 bridgehead atoms. The molecule has 0 saturated carbocycles. The number of Topliss-reactive ketones (excluding diaryl/α,β-unsaturated/α-hetero) is 1. The zero-order valence-corrected chi connectivity index (χ0v) is 11.8. The van der Waals surface area contributed by atoms with Gasteiger partial charge < -0.3 is 5.11 Å². The van der Waals surface area contributed by atoms with Gasteiger partial charge in [-0.1, -0.05) is 6.07 Å². The third kappa shape index (κ3) is 2.20. The Hall–Kier alpha value is -1.81. The average molecular weight is 285 g/mol. The molecular weight excluding hydrogens is 270 g/mol. The maximum atomic E-state index is 12.0. The monoisotopic (exact) mass is 285 g/mol. The highest BCUT2D eigenvalue weighted by Crippen LogP contribution is 2.39. The van der Waals surface area contributed by atoms with Crippen LogP contribution in [0.3, 0.4) is 0 Å². The highest BCUT2D eigenvalue weighted by atomic mass is 32.1. The van der Waals surface area contributed by atoms with Crippen molar-refractivity contribution >= 4 is 18.4 Å². The number of fused-ring (bicyclic) bond motifs is 1. The number of carbonyl (C=O) groups excluding carboxylic acids is 1. The van der Waals surface area contributed by atoms with Gasteiger partial charge in [0, 0.05) is 23.7 Å². The lowest BCUT2D eigenvalue weighted by Gasteiger charge is -2.22. The molecule has 1 aromatic heterocycles. The molecule has 1 atom stereocenters. The number of aromatic hydroxyl groups is 1. The summed E-state index contributed by atoms with van der Waals surface area (Å²) in [6, 6.07) is 8.91. The van der Waals surface area contributed by atoms with E-state index in [1.807, 2.05) is 18.2 Å². The van der Waals surface area contributed by atoms with Crippen molar-refractivity contribution in [2.75, 3.05) is 0 Å². The molecule has 1 aliphatic carbocycles. The first kappa shape index (κ1) is 13.2. The number of rotatable bonds is 2. The Labute approximate surface area is 123 Å². The Morgan fingerprint density at radius 1 is 1.20 bits per heavy atom. The predicted molar refractivity (Wildman–Crippen MR) is 80.4 cm³/mol. The number of phenols is 1. The summed E-state index contributed by atoms with van der Waals surface area (Å²) in [5.74, 6) is 0.332. The number of carbonyl (C=O) groups is 1. The fraction of sp³-hybridized carbons (Fsp3) is 0.250. The first-order valence-electron chi connectivity index (χ1n) is 6.65. The Bertz CT molecular complexity index is 655. The molecule has 1 heterocycles. The van der Waals surface area contributed by atoms with E-state index >= 15 is 0 Å². The standard InChI is InChI=1S/C16H15NO2S/c18-13-6-3-4-11-10(13)7-8-14(19)15(11)16(20)12-5-1-2-9-17-12/h1-2,5,7-9,16,19-20H,3-4,6H2. The number of hydrogen-bond acceptors (Lipinski definition) is 4. The van der Waals surface area contributed by atoms with Gasteiger partial charge in [0.1, 0.15) is 5.75 Å². The largest absolute Gasteiger partial charge is 0.508 e. The van der Waals surface area contributed by atoms with Gasteiger partial charge in [-0.25, -0.2) is 0 Å². The van der Waals surface area contributed by atoms with Gasteiger partial charge in [-0.3, -0.25) is 9.78 Å². The van der Waals surface area contributed by atoms with Gasteiger partial charge >= 0.3 is 0 Å². The summed E-state index contributed by atoms with van der Waals surface area (Å²) >= 11 is 4.61. The number of phenolic OH excluding ortho intramolecular Hbond substituents is 1. The van der Waals surface area contributed by atoms with Gasteiger partial charge in [0.2, 0.25) is 0 Å². The van der Waals surface area contributed by atoms with Crippen molar-refractivity contribution in [2.45, 2.75) is 24.5 Å². The highest BCUT2D eigenvalue weighted by Gasteiger charge is 2.26. The second-order valence-corrected chi connectivity index (χ2v) is 5.47. The molecule has 2 aromatic rings. The minimum Gasteiger partial charge on any atom is -0.508 e. The Morgan fingerprint density at radius 2 is 2.05 bits per heavy atom. The smallest absolute Gasteiger partial charge is 0.163 e. The van der Waals surface area contributed by atoms with Crippen molar-refractivity contribution in [1.82, 2.24) is 4.98 Å².